The lowest BCUT2D eigenvalue weighted by Crippen LogP contribution is -2.45. The van der Waals surface area contributed by atoms with E-state index in [2.05, 4.69) is 98.9 Å². The average Bonchev–Trinajstić information content (AvgIpc) is 1.63. The number of hydrogen-bond donors (Lipinski definition) is 18. The lowest BCUT2D eigenvalue weighted by molar-refractivity contribution is -0.128. The maximum absolute atomic E-state index is 14.6. The van der Waals surface area contributed by atoms with Crippen LogP contribution in [0.15, 0.2) is 193 Å². The van der Waals surface area contributed by atoms with Crippen molar-refractivity contribution in [3.8, 4) is 56.3 Å². The fourth-order valence-electron chi connectivity index (χ4n) is 18.5. The first kappa shape index (κ1) is 105. The molecule has 764 valence electrons. The van der Waals surface area contributed by atoms with Crippen LogP contribution in [0.5, 0.6) is 0 Å². The second-order valence-electron chi connectivity index (χ2n) is 35.8. The number of carbonyl (C=O) groups excluding carboxylic acids is 10. The molecule has 5 fully saturated rings. The molecule has 18 N–H and O–H groups in total. The summed E-state index contributed by atoms with van der Waals surface area (Å²) in [6.45, 7) is 10.3. The van der Waals surface area contributed by atoms with Gasteiger partial charge in [0.15, 0.2) is 5.69 Å². The summed E-state index contributed by atoms with van der Waals surface area (Å²) in [7, 11) is 0. The van der Waals surface area contributed by atoms with Crippen LogP contribution in [-0.4, -0.2) is 181 Å². The van der Waals surface area contributed by atoms with Crippen LogP contribution in [0.4, 0.5) is 49.6 Å². The maximum Gasteiger partial charge on any atom is 0.245 e. The molecule has 148 heavy (non-hydrogen) atoms. The third kappa shape index (κ3) is 24.4. The van der Waals surface area contributed by atoms with Gasteiger partial charge in [-0.05, 0) is 270 Å². The summed E-state index contributed by atoms with van der Waals surface area (Å²) >= 11 is 9.34. The summed E-state index contributed by atoms with van der Waals surface area (Å²) in [6, 6.07) is 42.3. The second kappa shape index (κ2) is 46.2. The summed E-state index contributed by atoms with van der Waals surface area (Å²) in [4.78, 5) is 139. The number of hydrogen-bond acceptors (Lipinski definition) is 13. The van der Waals surface area contributed by atoms with Gasteiger partial charge < -0.3 is 93.4 Å². The second-order valence-corrected chi connectivity index (χ2v) is 37.2. The quantitative estimate of drug-likeness (QED) is 0.0187. The van der Waals surface area contributed by atoms with E-state index in [0.717, 1.165) is 34.4 Å². The van der Waals surface area contributed by atoms with Gasteiger partial charge in [0.1, 0.15) is 107 Å². The van der Waals surface area contributed by atoms with E-state index in [4.69, 9.17) is 18.2 Å². The van der Waals surface area contributed by atoms with Crippen LogP contribution in [0.3, 0.4) is 0 Å². The molecule has 0 bridgehead atoms. The Morgan fingerprint density at radius 2 is 0.649 bits per heavy atom. The van der Waals surface area contributed by atoms with Gasteiger partial charge in [0, 0.05) is 130 Å². The number of aliphatic hydroxyl groups is 3. The number of aromatic nitrogens is 5. The number of nitrogens with one attached hydrogen (secondary N) is 15. The van der Waals surface area contributed by atoms with E-state index in [1.165, 1.54) is 72.8 Å². The van der Waals surface area contributed by atoms with E-state index in [9.17, 15) is 107 Å². The van der Waals surface area contributed by atoms with E-state index in [-0.39, 0.29) is 140 Å². The highest BCUT2D eigenvalue weighted by molar-refractivity contribution is 9.10. The average molecular weight is 2120 g/mol. The smallest absolute Gasteiger partial charge is 0.245 e. The summed E-state index contributed by atoms with van der Waals surface area (Å²) in [6.07, 6.45) is -0.335. The van der Waals surface area contributed by atoms with Crippen molar-refractivity contribution >= 4 is 147 Å². The Bertz CT molecular complexity index is 7520. The zero-order valence-corrected chi connectivity index (χ0v) is 80.8. The summed E-state index contributed by atoms with van der Waals surface area (Å²) in [5.74, 6) is -8.39. The van der Waals surface area contributed by atoms with Gasteiger partial charge in [-0.15, -0.1) is 0 Å². The highest BCUT2D eigenvalue weighted by Gasteiger charge is 2.39. The third-order valence-corrected chi connectivity index (χ3v) is 26.4. The maximum atomic E-state index is 14.6. The van der Waals surface area contributed by atoms with Crippen molar-refractivity contribution in [2.24, 2.45) is 0 Å². The highest BCUT2D eigenvalue weighted by Crippen LogP contribution is 2.42. The standard InChI is InChI=1S/C22H18F2N4O2.C22H21F2N3O3.C21H18BrF2N3O2.C21H18ClF2N3O3.C21H19F2N3O3/c1-25-14-10-16-15(6-7-19(29)27-18-8-9-26-22(18)30)20(28-21(16)17(24)11-14)12-2-4-13(23)5-3-12;1-11-8-15-14(6-7-18(29)26-21-17(28)10-25-22(21)30)19(27-20(15)16(24)9-11)12-2-4-13(23)5-3-12;22-12-9-15-14(5-6-18(28)26-17-7-8-25-21(17)29)19(27-20(15)16(24)10-12)11-1-3-13(23)4-2-11;22-11-7-14-13(5-6-17(29)26-20-16(28)9-25-21(20)30)18(27-19(14)15(24)8-11)10-1-3-12(23)4-2-10;22-12-8-14-13(6-7-17(28)25-20-16(27)10-24-21(20)29)18(11-4-2-1-3-5-11)26-19(14)15(23)9-12/h2-5,10-11,18,28H,6-9H2,(H,26,30)(H,27,29);2-5,8-9,17,21,27-28H,6-7,10H2,1H3,(H,25,30)(H,26,29);1-4,9-10,17,27H,5-8H2,(H,25,29)(H,26,28);1-4,7-8,16,20,27-28H,5-6,9H2,(H,25,30)(H,26,29);1-5,8-9,16,20,26-27H,6-7,10H2,(H,24,29)(H,25,28)/t18-;17-,21+;17-;2*16-,20+/m01011/s1. The minimum absolute atomic E-state index is 0.00815. The summed E-state index contributed by atoms with van der Waals surface area (Å²) in [5.41, 5.74) is 12.0. The molecule has 10 amide bonds. The molecule has 41 heteroatoms. The minimum Gasteiger partial charge on any atom is -0.389 e. The topological polar surface area (TPSA) is 435 Å². The number of benzene rings is 10. The van der Waals surface area contributed by atoms with Crippen LogP contribution in [0.1, 0.15) is 78.3 Å². The van der Waals surface area contributed by atoms with Crippen LogP contribution in [0.25, 0.3) is 116 Å². The van der Waals surface area contributed by atoms with Crippen molar-refractivity contribution < 1.29 is 107 Å². The van der Waals surface area contributed by atoms with Gasteiger partial charge in [-0.3, -0.25) is 47.9 Å². The van der Waals surface area contributed by atoms with Crippen molar-refractivity contribution in [2.45, 2.75) is 132 Å². The fraction of sp³-hybridized carbons (Fsp3) is 0.243. The molecule has 0 radical (unpaired) electrons. The van der Waals surface area contributed by atoms with Gasteiger partial charge in [0.05, 0.1) is 34.2 Å². The van der Waals surface area contributed by atoms with Crippen LogP contribution in [0, 0.1) is 71.7 Å². The molecule has 0 aliphatic carbocycles. The summed E-state index contributed by atoms with van der Waals surface area (Å²) in [5, 5.41) is 58.1. The monoisotopic (exact) mass is 2110 g/mol. The number of halogens is 12. The number of amides is 10. The molecular weight excluding hydrogens is 2020 g/mol. The Morgan fingerprint density at radius 3 is 0.980 bits per heavy atom. The van der Waals surface area contributed by atoms with Gasteiger partial charge >= 0.3 is 0 Å². The lowest BCUT2D eigenvalue weighted by atomic mass is 9.99. The molecule has 5 saturated heterocycles. The number of carbonyl (C=O) groups is 10. The number of H-pyrrole nitrogens is 5. The number of aliphatic hydroxyl groups excluding tert-OH is 3. The number of aromatic amines is 5. The first-order valence-corrected chi connectivity index (χ1v) is 48.2. The van der Waals surface area contributed by atoms with Gasteiger partial charge in [-0.25, -0.2) is 48.7 Å². The normalized spacial score (nSPS) is 17.6. The number of rotatable bonds is 25. The van der Waals surface area contributed by atoms with Gasteiger partial charge in [-0.1, -0.05) is 57.9 Å². The van der Waals surface area contributed by atoms with Gasteiger partial charge in [0.2, 0.25) is 59.1 Å². The Labute approximate surface area is 849 Å². The van der Waals surface area contributed by atoms with Crippen molar-refractivity contribution in [2.75, 3.05) is 32.7 Å². The molecule has 15 aromatic rings. The molecular formula is C107H94BrClF10N16O13. The molecule has 10 aromatic carbocycles. The fourth-order valence-corrected chi connectivity index (χ4v) is 19.1. The largest absolute Gasteiger partial charge is 0.389 e. The first-order chi connectivity index (χ1) is 71.0. The molecule has 5 aliphatic heterocycles. The number of nitrogens with zero attached hydrogens (tertiary/aromatic N) is 1. The predicted molar refractivity (Wildman–Crippen MR) is 536 cm³/mol. The molecule has 5 aromatic heterocycles. The molecule has 5 aliphatic rings. The Balaban J connectivity index is 0.000000132. The predicted octanol–water partition coefficient (Wildman–Crippen LogP) is 14.4. The van der Waals surface area contributed by atoms with Gasteiger partial charge in [-0.2, -0.15) is 0 Å². The number of β-amino-alcohol motifs (C(OH)–C–C–N with tert-alkyl or cyclic N) is 3. The van der Waals surface area contributed by atoms with Crippen LogP contribution in [0.2, 0.25) is 5.02 Å². The Morgan fingerprint density at radius 1 is 0.351 bits per heavy atom. The highest BCUT2D eigenvalue weighted by atomic mass is 79.9. The minimum atomic E-state index is -0.996. The molecule has 29 nitrogen and oxygen atoms in total. The zero-order chi connectivity index (χ0) is 105. The molecule has 0 spiro atoms. The Hall–Kier alpha value is -16.0. The van der Waals surface area contributed by atoms with E-state index in [1.807, 2.05) is 36.4 Å². The number of fused-ring (bicyclic) bond motifs is 5. The number of aryl methyl sites for hydroxylation is 6. The lowest BCUT2D eigenvalue weighted by Gasteiger charge is -2.14. The molecule has 8 atom stereocenters. The van der Waals surface area contributed by atoms with Crippen LogP contribution >= 0.6 is 27.5 Å². The van der Waals surface area contributed by atoms with E-state index < -0.39 is 131 Å². The molecule has 20 rings (SSSR count). The molecule has 10 heterocycles. The Kier molecular flexibility index (Phi) is 32.7. The molecule has 0 saturated carbocycles. The van der Waals surface area contributed by atoms with E-state index in [1.54, 1.807) is 73.7 Å². The molecule has 0 unspecified atom stereocenters. The zero-order valence-electron chi connectivity index (χ0n) is 78.4. The van der Waals surface area contributed by atoms with Crippen LogP contribution in [-0.2, 0) is 80.0 Å². The first-order valence-electron chi connectivity index (χ1n) is 47.0. The van der Waals surface area contributed by atoms with E-state index in [0.29, 0.717) is 142 Å². The van der Waals surface area contributed by atoms with Crippen molar-refractivity contribution in [1.29, 1.82) is 0 Å². The van der Waals surface area contributed by atoms with Crippen molar-refractivity contribution in [3.63, 3.8) is 0 Å². The van der Waals surface area contributed by atoms with E-state index >= 15 is 0 Å². The van der Waals surface area contributed by atoms with Crippen molar-refractivity contribution in [3.05, 3.63) is 301 Å². The summed E-state index contributed by atoms with van der Waals surface area (Å²) < 4.78 is 140. The SMILES string of the molecule is Cc1cc(F)c2[nH]c(-c3ccc(F)cc3)c(CCC(=O)N[C@@H]3C(=O)NC[C@H]3O)c2c1.O=C(CCc1c(-c2ccc(F)cc2)[nH]c2c(F)cc(Br)cc12)N[C@H]1CCNC1=O.O=C(CCc1c(-c2ccc(F)cc2)[nH]c2c(F)cc(Cl)cc12)N[C@@H]1C(=O)NC[C@H]1O.O=C(CCc1c(-c2ccccc2)[nH]c2c(F)cc(F)cc12)N[C@@H]1C(=O)NC[C@H]1O.[C-]#[N+]c1cc(F)c2[nH]c(-c3ccc(F)cc3)c(CCC(=O)N[C@H]3CCNC3=O)c2c1. The van der Waals surface area contributed by atoms with Gasteiger partial charge in [0.25, 0.3) is 0 Å². The third-order valence-electron chi connectivity index (χ3n) is 25.8. The van der Waals surface area contributed by atoms with Crippen molar-refractivity contribution in [1.82, 2.24) is 78.1 Å². The van der Waals surface area contributed by atoms with Crippen LogP contribution < -0.4 is 53.2 Å².